The molecule has 0 aromatic heterocycles. The number of nitrogens with one attached hydrogen (secondary N) is 1. The lowest BCUT2D eigenvalue weighted by Crippen LogP contribution is -2.13. The molecule has 0 radical (unpaired) electrons. The summed E-state index contributed by atoms with van der Waals surface area (Å²) >= 11 is 0. The van der Waals surface area contributed by atoms with Gasteiger partial charge in [-0.2, -0.15) is 0 Å². The molecule has 3 aromatic rings. The normalized spacial score (nSPS) is 10.2. The minimum Gasteiger partial charge on any atom is -0.378 e. The molecule has 1 N–H and O–H groups in total. The maximum Gasteiger partial charge on any atom is 0.255 e. The van der Waals surface area contributed by atoms with Crippen molar-refractivity contribution in [2.75, 3.05) is 24.3 Å². The van der Waals surface area contributed by atoms with Crippen molar-refractivity contribution >= 4 is 17.3 Å². The third-order valence-corrected chi connectivity index (χ3v) is 3.91. The second-order valence-corrected chi connectivity index (χ2v) is 5.81. The van der Waals surface area contributed by atoms with Crippen molar-refractivity contribution in [3.63, 3.8) is 0 Å². The van der Waals surface area contributed by atoms with Gasteiger partial charge in [0.2, 0.25) is 0 Å². The molecule has 0 saturated carbocycles. The number of rotatable bonds is 4. The monoisotopic (exact) mass is 316 g/mol. The number of amides is 1. The summed E-state index contributed by atoms with van der Waals surface area (Å²) in [6.45, 7) is 0. The molecule has 120 valence electrons. The van der Waals surface area contributed by atoms with Gasteiger partial charge in [-0.3, -0.25) is 4.79 Å². The summed E-state index contributed by atoms with van der Waals surface area (Å²) in [5, 5.41) is 3.02. The summed E-state index contributed by atoms with van der Waals surface area (Å²) in [7, 11) is 3.95. The Morgan fingerprint density at radius 3 is 2.08 bits per heavy atom. The molecule has 0 aliphatic carbocycles. The van der Waals surface area contributed by atoms with E-state index in [0.29, 0.717) is 5.56 Å². The molecule has 0 spiro atoms. The summed E-state index contributed by atoms with van der Waals surface area (Å²) in [5.41, 5.74) is 4.61. The lowest BCUT2D eigenvalue weighted by Gasteiger charge is -2.14. The zero-order chi connectivity index (χ0) is 16.9. The fourth-order valence-corrected chi connectivity index (χ4v) is 2.57. The van der Waals surface area contributed by atoms with Crippen LogP contribution in [-0.4, -0.2) is 20.0 Å². The molecule has 0 aliphatic heterocycles. The summed E-state index contributed by atoms with van der Waals surface area (Å²) in [4.78, 5) is 14.6. The van der Waals surface area contributed by atoms with E-state index in [2.05, 4.69) is 5.32 Å². The van der Waals surface area contributed by atoms with E-state index in [1.165, 1.54) is 0 Å². The maximum absolute atomic E-state index is 12.6. The van der Waals surface area contributed by atoms with Crippen LogP contribution in [0.15, 0.2) is 78.9 Å². The quantitative estimate of drug-likeness (QED) is 0.758. The highest BCUT2D eigenvalue weighted by atomic mass is 16.1. The van der Waals surface area contributed by atoms with Crippen molar-refractivity contribution in [2.45, 2.75) is 0 Å². The maximum atomic E-state index is 12.6. The van der Waals surface area contributed by atoms with Crippen LogP contribution in [0.1, 0.15) is 10.4 Å². The molecule has 0 aliphatic rings. The second kappa shape index (κ2) is 7.01. The third-order valence-electron chi connectivity index (χ3n) is 3.91. The Morgan fingerprint density at radius 2 is 1.42 bits per heavy atom. The molecule has 1 amide bonds. The number of hydrogen-bond acceptors (Lipinski definition) is 2. The Bertz CT molecular complexity index is 824. The first-order chi connectivity index (χ1) is 11.6. The van der Waals surface area contributed by atoms with Gasteiger partial charge in [0.05, 0.1) is 0 Å². The number of hydrogen-bond donors (Lipinski definition) is 1. The van der Waals surface area contributed by atoms with Gasteiger partial charge in [-0.1, -0.05) is 48.5 Å². The molecule has 3 rings (SSSR count). The van der Waals surface area contributed by atoms with Gasteiger partial charge in [0, 0.05) is 36.6 Å². The second-order valence-electron chi connectivity index (χ2n) is 5.81. The lowest BCUT2D eigenvalue weighted by atomic mass is 10.0. The fourth-order valence-electron chi connectivity index (χ4n) is 2.57. The van der Waals surface area contributed by atoms with Gasteiger partial charge in [-0.15, -0.1) is 0 Å². The van der Waals surface area contributed by atoms with Crippen molar-refractivity contribution in [3.05, 3.63) is 84.4 Å². The first-order valence-corrected chi connectivity index (χ1v) is 7.88. The highest BCUT2D eigenvalue weighted by Gasteiger charge is 2.10. The fraction of sp³-hybridized carbons (Fsp3) is 0.0952. The lowest BCUT2D eigenvalue weighted by molar-refractivity contribution is 0.102. The number of benzene rings is 3. The average molecular weight is 316 g/mol. The average Bonchev–Trinajstić information content (AvgIpc) is 2.63. The summed E-state index contributed by atoms with van der Waals surface area (Å²) in [6, 6.07) is 25.5. The third kappa shape index (κ3) is 3.46. The first-order valence-electron chi connectivity index (χ1n) is 7.88. The minimum absolute atomic E-state index is 0.108. The van der Waals surface area contributed by atoms with E-state index in [0.717, 1.165) is 22.5 Å². The summed E-state index contributed by atoms with van der Waals surface area (Å²) in [6.07, 6.45) is 0. The van der Waals surface area contributed by atoms with Crippen molar-refractivity contribution in [2.24, 2.45) is 0 Å². The van der Waals surface area contributed by atoms with Crippen LogP contribution in [0, 0.1) is 0 Å². The van der Waals surface area contributed by atoms with Crippen LogP contribution in [0.2, 0.25) is 0 Å². The van der Waals surface area contributed by atoms with E-state index >= 15 is 0 Å². The van der Waals surface area contributed by atoms with Gasteiger partial charge >= 0.3 is 0 Å². The van der Waals surface area contributed by atoms with E-state index in [9.17, 15) is 4.79 Å². The van der Waals surface area contributed by atoms with Gasteiger partial charge in [0.25, 0.3) is 5.91 Å². The topological polar surface area (TPSA) is 32.3 Å². The SMILES string of the molecule is CN(C)c1ccc(C(=O)Nc2ccccc2-c2ccccc2)cc1. The molecule has 3 heteroatoms. The highest BCUT2D eigenvalue weighted by Crippen LogP contribution is 2.28. The van der Waals surface area contributed by atoms with E-state index in [-0.39, 0.29) is 5.91 Å². The summed E-state index contributed by atoms with van der Waals surface area (Å²) in [5.74, 6) is -0.108. The number of carbonyl (C=O) groups excluding carboxylic acids is 1. The van der Waals surface area contributed by atoms with Crippen LogP contribution in [0.25, 0.3) is 11.1 Å². The van der Waals surface area contributed by atoms with E-state index in [1.54, 1.807) is 0 Å². The van der Waals surface area contributed by atoms with Gasteiger partial charge in [0.15, 0.2) is 0 Å². The van der Waals surface area contributed by atoms with E-state index in [1.807, 2.05) is 97.9 Å². The molecular formula is C21H20N2O. The Balaban J connectivity index is 1.85. The Labute approximate surface area is 142 Å². The smallest absolute Gasteiger partial charge is 0.255 e. The molecular weight excluding hydrogens is 296 g/mol. The first kappa shape index (κ1) is 15.8. The molecule has 0 fully saturated rings. The molecule has 0 atom stereocenters. The van der Waals surface area contributed by atoms with Crippen LogP contribution in [0.3, 0.4) is 0 Å². The predicted octanol–water partition coefficient (Wildman–Crippen LogP) is 4.67. The van der Waals surface area contributed by atoms with Gasteiger partial charge in [-0.25, -0.2) is 0 Å². The number of anilines is 2. The zero-order valence-electron chi connectivity index (χ0n) is 13.9. The molecule has 0 bridgehead atoms. The number of carbonyl (C=O) groups is 1. The predicted molar refractivity (Wildman–Crippen MR) is 101 cm³/mol. The standard InChI is InChI=1S/C21H20N2O/c1-23(2)18-14-12-17(13-15-18)21(24)22-20-11-7-6-10-19(20)16-8-4-3-5-9-16/h3-15H,1-2H3,(H,22,24). The van der Waals surface area contributed by atoms with Crippen LogP contribution in [0.4, 0.5) is 11.4 Å². The van der Waals surface area contributed by atoms with Crippen LogP contribution in [0.5, 0.6) is 0 Å². The highest BCUT2D eigenvalue weighted by molar-refractivity contribution is 6.06. The largest absolute Gasteiger partial charge is 0.378 e. The Morgan fingerprint density at radius 1 is 0.792 bits per heavy atom. The molecule has 3 aromatic carbocycles. The van der Waals surface area contributed by atoms with Gasteiger partial charge in [0.1, 0.15) is 0 Å². The molecule has 24 heavy (non-hydrogen) atoms. The van der Waals surface area contributed by atoms with E-state index in [4.69, 9.17) is 0 Å². The Hall–Kier alpha value is -3.07. The van der Waals surface area contributed by atoms with E-state index < -0.39 is 0 Å². The van der Waals surface area contributed by atoms with Crippen LogP contribution < -0.4 is 10.2 Å². The summed E-state index contributed by atoms with van der Waals surface area (Å²) < 4.78 is 0. The van der Waals surface area contributed by atoms with Crippen LogP contribution >= 0.6 is 0 Å². The van der Waals surface area contributed by atoms with Crippen LogP contribution in [-0.2, 0) is 0 Å². The van der Waals surface area contributed by atoms with Crippen molar-refractivity contribution in [3.8, 4) is 11.1 Å². The minimum atomic E-state index is -0.108. The van der Waals surface area contributed by atoms with Crippen molar-refractivity contribution in [1.29, 1.82) is 0 Å². The number of nitrogens with zero attached hydrogens (tertiary/aromatic N) is 1. The van der Waals surface area contributed by atoms with Gasteiger partial charge in [-0.05, 0) is 35.9 Å². The number of para-hydroxylation sites is 1. The molecule has 0 heterocycles. The zero-order valence-corrected chi connectivity index (χ0v) is 13.9. The van der Waals surface area contributed by atoms with Crippen molar-refractivity contribution < 1.29 is 4.79 Å². The van der Waals surface area contributed by atoms with Gasteiger partial charge < -0.3 is 10.2 Å². The Kier molecular flexibility index (Phi) is 4.62. The van der Waals surface area contributed by atoms with Crippen molar-refractivity contribution in [1.82, 2.24) is 0 Å². The molecule has 0 unspecified atom stereocenters. The molecule has 3 nitrogen and oxygen atoms in total. The molecule has 0 saturated heterocycles.